The predicted octanol–water partition coefficient (Wildman–Crippen LogP) is 4.56. The van der Waals surface area contributed by atoms with E-state index in [9.17, 15) is 4.79 Å². The van der Waals surface area contributed by atoms with Crippen LogP contribution in [0, 0.1) is 6.92 Å². The summed E-state index contributed by atoms with van der Waals surface area (Å²) in [4.78, 5) is 16.6. The van der Waals surface area contributed by atoms with Gasteiger partial charge < -0.3 is 9.73 Å². The van der Waals surface area contributed by atoms with E-state index in [-0.39, 0.29) is 11.6 Å². The minimum absolute atomic E-state index is 0.263. The number of aromatic nitrogens is 1. The molecule has 1 aromatic heterocycles. The summed E-state index contributed by atoms with van der Waals surface area (Å²) in [6.45, 7) is 1.71. The van der Waals surface area contributed by atoms with E-state index >= 15 is 0 Å². The third-order valence-corrected chi connectivity index (χ3v) is 3.35. The molecule has 0 aliphatic rings. The van der Waals surface area contributed by atoms with Gasteiger partial charge in [0.15, 0.2) is 5.69 Å². The molecule has 0 spiro atoms. The Balaban J connectivity index is 1.86. The molecule has 0 aliphatic heterocycles. The summed E-state index contributed by atoms with van der Waals surface area (Å²) < 4.78 is 5.59. The topological polar surface area (TPSA) is 55.1 Å². The standard InChI is InChI=1S/C17H13ClN2O2/c1-11-15(16(21)19-14-9-5-8-13(18)10-14)20-17(22-11)12-6-3-2-4-7-12/h2-10H,1H3,(H,19,21). The first kappa shape index (κ1) is 14.4. The molecule has 0 fully saturated rings. The number of hydrogen-bond donors (Lipinski definition) is 1. The van der Waals surface area contributed by atoms with Crippen LogP contribution in [0.2, 0.25) is 5.02 Å². The maximum Gasteiger partial charge on any atom is 0.277 e. The van der Waals surface area contributed by atoms with Crippen molar-refractivity contribution in [3.63, 3.8) is 0 Å². The Morgan fingerprint density at radius 1 is 1.14 bits per heavy atom. The minimum atomic E-state index is -0.328. The smallest absolute Gasteiger partial charge is 0.277 e. The number of aryl methyl sites for hydroxylation is 1. The van der Waals surface area contributed by atoms with Crippen LogP contribution in [-0.4, -0.2) is 10.9 Å². The van der Waals surface area contributed by atoms with E-state index in [1.165, 1.54) is 0 Å². The number of benzene rings is 2. The Hall–Kier alpha value is -2.59. The number of oxazole rings is 1. The molecule has 5 heteroatoms. The van der Waals surface area contributed by atoms with Crippen LogP contribution < -0.4 is 5.32 Å². The molecule has 22 heavy (non-hydrogen) atoms. The number of hydrogen-bond acceptors (Lipinski definition) is 3. The summed E-state index contributed by atoms with van der Waals surface area (Å²) >= 11 is 5.90. The van der Waals surface area contributed by atoms with Gasteiger partial charge in [0.2, 0.25) is 5.89 Å². The first-order chi connectivity index (χ1) is 10.6. The number of anilines is 1. The first-order valence-electron chi connectivity index (χ1n) is 6.73. The molecule has 0 atom stereocenters. The summed E-state index contributed by atoms with van der Waals surface area (Å²) in [5, 5.41) is 3.31. The fourth-order valence-corrected chi connectivity index (χ4v) is 2.26. The summed E-state index contributed by atoms with van der Waals surface area (Å²) in [6, 6.07) is 16.4. The van der Waals surface area contributed by atoms with Gasteiger partial charge in [-0.15, -0.1) is 0 Å². The van der Waals surface area contributed by atoms with Crippen LogP contribution in [0.15, 0.2) is 59.0 Å². The fourth-order valence-electron chi connectivity index (χ4n) is 2.07. The molecule has 4 nitrogen and oxygen atoms in total. The van der Waals surface area contributed by atoms with Crippen molar-refractivity contribution in [1.29, 1.82) is 0 Å². The van der Waals surface area contributed by atoms with E-state index in [4.69, 9.17) is 16.0 Å². The molecule has 0 aliphatic carbocycles. The zero-order chi connectivity index (χ0) is 15.5. The SMILES string of the molecule is Cc1oc(-c2ccccc2)nc1C(=O)Nc1cccc(Cl)c1. The van der Waals surface area contributed by atoms with Crippen LogP contribution >= 0.6 is 11.6 Å². The lowest BCUT2D eigenvalue weighted by atomic mass is 10.2. The van der Waals surface area contributed by atoms with E-state index < -0.39 is 0 Å². The van der Waals surface area contributed by atoms with Gasteiger partial charge in [-0.3, -0.25) is 4.79 Å². The number of nitrogens with zero attached hydrogens (tertiary/aromatic N) is 1. The second-order valence-corrected chi connectivity index (χ2v) is 5.19. The van der Waals surface area contributed by atoms with Gasteiger partial charge in [0.25, 0.3) is 5.91 Å². The molecular formula is C17H13ClN2O2. The van der Waals surface area contributed by atoms with E-state index in [1.807, 2.05) is 30.3 Å². The number of nitrogens with one attached hydrogen (secondary N) is 1. The minimum Gasteiger partial charge on any atom is -0.441 e. The average Bonchev–Trinajstić information content (AvgIpc) is 2.90. The van der Waals surface area contributed by atoms with E-state index in [0.29, 0.717) is 22.4 Å². The zero-order valence-corrected chi connectivity index (χ0v) is 12.6. The van der Waals surface area contributed by atoms with Crippen LogP contribution in [0.25, 0.3) is 11.5 Å². The Morgan fingerprint density at radius 3 is 2.64 bits per heavy atom. The molecule has 0 unspecified atom stereocenters. The largest absolute Gasteiger partial charge is 0.441 e. The van der Waals surface area contributed by atoms with Gasteiger partial charge in [-0.1, -0.05) is 35.9 Å². The molecule has 1 amide bonds. The van der Waals surface area contributed by atoms with Crippen molar-refractivity contribution in [1.82, 2.24) is 4.98 Å². The van der Waals surface area contributed by atoms with Gasteiger partial charge in [0.1, 0.15) is 5.76 Å². The number of amides is 1. The van der Waals surface area contributed by atoms with Gasteiger partial charge in [-0.25, -0.2) is 4.98 Å². The summed E-state index contributed by atoms with van der Waals surface area (Å²) in [5.74, 6) is 0.568. The molecule has 0 radical (unpaired) electrons. The van der Waals surface area contributed by atoms with Crippen molar-refractivity contribution in [2.24, 2.45) is 0 Å². The van der Waals surface area contributed by atoms with Crippen molar-refractivity contribution < 1.29 is 9.21 Å². The van der Waals surface area contributed by atoms with E-state index in [2.05, 4.69) is 10.3 Å². The van der Waals surface area contributed by atoms with Crippen LogP contribution in [0.3, 0.4) is 0 Å². The van der Waals surface area contributed by atoms with Gasteiger partial charge in [-0.2, -0.15) is 0 Å². The maximum atomic E-state index is 12.3. The van der Waals surface area contributed by atoms with Crippen molar-refractivity contribution in [3.8, 4) is 11.5 Å². The quantitative estimate of drug-likeness (QED) is 0.771. The molecular weight excluding hydrogens is 300 g/mol. The monoisotopic (exact) mass is 312 g/mol. The fraction of sp³-hybridized carbons (Fsp3) is 0.0588. The van der Waals surface area contributed by atoms with E-state index in [1.54, 1.807) is 31.2 Å². The highest BCUT2D eigenvalue weighted by Crippen LogP contribution is 2.22. The van der Waals surface area contributed by atoms with Crippen molar-refractivity contribution in [2.75, 3.05) is 5.32 Å². The second kappa shape index (κ2) is 6.03. The van der Waals surface area contributed by atoms with Crippen molar-refractivity contribution in [3.05, 3.63) is 71.1 Å². The van der Waals surface area contributed by atoms with Crippen LogP contribution in [0.4, 0.5) is 5.69 Å². The zero-order valence-electron chi connectivity index (χ0n) is 11.8. The highest BCUT2D eigenvalue weighted by Gasteiger charge is 2.18. The molecule has 0 saturated carbocycles. The van der Waals surface area contributed by atoms with E-state index in [0.717, 1.165) is 5.56 Å². The van der Waals surface area contributed by atoms with Crippen molar-refractivity contribution in [2.45, 2.75) is 6.92 Å². The summed E-state index contributed by atoms with van der Waals surface area (Å²) in [5.41, 5.74) is 1.70. The Kier molecular flexibility index (Phi) is 3.94. The first-order valence-corrected chi connectivity index (χ1v) is 7.11. The Bertz CT molecular complexity index is 813. The van der Waals surface area contributed by atoms with Gasteiger partial charge >= 0.3 is 0 Å². The molecule has 3 rings (SSSR count). The Labute approximate surface area is 132 Å². The number of carbonyl (C=O) groups excluding carboxylic acids is 1. The van der Waals surface area contributed by atoms with Gasteiger partial charge in [-0.05, 0) is 37.3 Å². The second-order valence-electron chi connectivity index (χ2n) is 4.75. The predicted molar refractivity (Wildman–Crippen MR) is 86.1 cm³/mol. The molecule has 110 valence electrons. The summed E-state index contributed by atoms with van der Waals surface area (Å²) in [7, 11) is 0. The summed E-state index contributed by atoms with van der Waals surface area (Å²) in [6.07, 6.45) is 0. The molecule has 1 N–H and O–H groups in total. The molecule has 3 aromatic rings. The van der Waals surface area contributed by atoms with Gasteiger partial charge in [0.05, 0.1) is 0 Å². The third kappa shape index (κ3) is 3.02. The third-order valence-electron chi connectivity index (χ3n) is 3.11. The molecule has 2 aromatic carbocycles. The van der Waals surface area contributed by atoms with Crippen LogP contribution in [-0.2, 0) is 0 Å². The average molecular weight is 313 g/mol. The number of carbonyl (C=O) groups is 1. The number of rotatable bonds is 3. The Morgan fingerprint density at radius 2 is 1.91 bits per heavy atom. The van der Waals surface area contributed by atoms with Gasteiger partial charge in [0, 0.05) is 16.3 Å². The number of halogens is 1. The molecule has 0 saturated heterocycles. The molecule has 0 bridgehead atoms. The van der Waals surface area contributed by atoms with Crippen LogP contribution in [0.5, 0.6) is 0 Å². The van der Waals surface area contributed by atoms with Crippen molar-refractivity contribution >= 4 is 23.2 Å². The molecule has 1 heterocycles. The van der Waals surface area contributed by atoms with Crippen LogP contribution in [0.1, 0.15) is 16.2 Å². The maximum absolute atomic E-state index is 12.3. The highest BCUT2D eigenvalue weighted by atomic mass is 35.5. The highest BCUT2D eigenvalue weighted by molar-refractivity contribution is 6.30. The lowest BCUT2D eigenvalue weighted by molar-refractivity contribution is 0.102. The lowest BCUT2D eigenvalue weighted by Gasteiger charge is -2.03. The normalized spacial score (nSPS) is 10.5. The lowest BCUT2D eigenvalue weighted by Crippen LogP contribution is -2.13.